The number of aliphatic hydroxyl groups is 1. The van der Waals surface area contributed by atoms with E-state index in [1.807, 2.05) is 19.9 Å². The van der Waals surface area contributed by atoms with E-state index < -0.39 is 5.60 Å². The minimum Gasteiger partial charge on any atom is -0.385 e. The smallest absolute Gasteiger partial charge is 0.123 e. The lowest BCUT2D eigenvalue weighted by atomic mass is 10.0. The fraction of sp³-hybridized carbons (Fsp3) is 0.455. The molecule has 1 aromatic carbocycles. The largest absolute Gasteiger partial charge is 0.385 e. The average molecular weight is 180 g/mol. The van der Waals surface area contributed by atoms with Crippen molar-refractivity contribution in [1.82, 2.24) is 0 Å². The van der Waals surface area contributed by atoms with Crippen molar-refractivity contribution in [2.45, 2.75) is 25.9 Å². The quantitative estimate of drug-likeness (QED) is 0.703. The van der Waals surface area contributed by atoms with Gasteiger partial charge in [0, 0.05) is 0 Å². The first-order valence-electron chi connectivity index (χ1n) is 4.52. The highest BCUT2D eigenvalue weighted by Crippen LogP contribution is 2.51. The van der Waals surface area contributed by atoms with E-state index in [4.69, 9.17) is 0 Å². The van der Waals surface area contributed by atoms with Crippen molar-refractivity contribution in [2.24, 2.45) is 5.92 Å². The summed E-state index contributed by atoms with van der Waals surface area (Å²) in [6.45, 7) is 3.81. The molecular formula is C11H13FO. The molecule has 1 aromatic rings. The van der Waals surface area contributed by atoms with Crippen LogP contribution in [0.1, 0.15) is 24.5 Å². The predicted octanol–water partition coefficient (Wildman–Crippen LogP) is 2.36. The second kappa shape index (κ2) is 2.55. The third kappa shape index (κ3) is 1.35. The van der Waals surface area contributed by atoms with Crippen molar-refractivity contribution in [1.29, 1.82) is 0 Å². The molecule has 0 saturated heterocycles. The van der Waals surface area contributed by atoms with Crippen LogP contribution in [0.25, 0.3) is 0 Å². The number of benzene rings is 1. The Bertz CT molecular complexity index is 328. The maximum absolute atomic E-state index is 13.0. The molecule has 0 radical (unpaired) electrons. The number of halogens is 1. The van der Waals surface area contributed by atoms with Gasteiger partial charge in [-0.1, -0.05) is 13.0 Å². The van der Waals surface area contributed by atoms with Crippen LogP contribution in [0.3, 0.4) is 0 Å². The Hall–Kier alpha value is -0.890. The number of hydrogen-bond donors (Lipinski definition) is 1. The summed E-state index contributed by atoms with van der Waals surface area (Å²) in [6, 6.07) is 4.75. The zero-order chi connectivity index (χ0) is 9.64. The molecule has 2 heteroatoms. The topological polar surface area (TPSA) is 20.2 Å². The van der Waals surface area contributed by atoms with Gasteiger partial charge in [0.15, 0.2) is 0 Å². The van der Waals surface area contributed by atoms with Gasteiger partial charge in [0.1, 0.15) is 5.82 Å². The normalized spacial score (nSPS) is 31.8. The first-order chi connectivity index (χ1) is 6.02. The summed E-state index contributed by atoms with van der Waals surface area (Å²) < 4.78 is 13.0. The Balaban J connectivity index is 2.42. The molecule has 0 aliphatic heterocycles. The Morgan fingerprint density at radius 1 is 1.46 bits per heavy atom. The van der Waals surface area contributed by atoms with Gasteiger partial charge in [0.05, 0.1) is 5.60 Å². The van der Waals surface area contributed by atoms with Crippen molar-refractivity contribution in [2.75, 3.05) is 0 Å². The summed E-state index contributed by atoms with van der Waals surface area (Å²) in [5.74, 6) is -0.00350. The van der Waals surface area contributed by atoms with Crippen LogP contribution in [0.4, 0.5) is 4.39 Å². The molecule has 1 fully saturated rings. The third-order valence-electron chi connectivity index (χ3n) is 2.81. The molecule has 2 rings (SSSR count). The minimum absolute atomic E-state index is 0.258. The van der Waals surface area contributed by atoms with Crippen LogP contribution in [0.2, 0.25) is 0 Å². The van der Waals surface area contributed by atoms with Gasteiger partial charge in [0.25, 0.3) is 0 Å². The summed E-state index contributed by atoms with van der Waals surface area (Å²) in [5, 5.41) is 9.95. The van der Waals surface area contributed by atoms with E-state index in [0.717, 1.165) is 17.5 Å². The van der Waals surface area contributed by atoms with Crippen LogP contribution >= 0.6 is 0 Å². The van der Waals surface area contributed by atoms with E-state index in [9.17, 15) is 9.50 Å². The highest BCUT2D eigenvalue weighted by molar-refractivity contribution is 5.33. The van der Waals surface area contributed by atoms with E-state index in [-0.39, 0.29) is 11.7 Å². The average Bonchev–Trinajstić information content (AvgIpc) is 2.59. The predicted molar refractivity (Wildman–Crippen MR) is 48.8 cm³/mol. The second-order valence-corrected chi connectivity index (χ2v) is 4.05. The third-order valence-corrected chi connectivity index (χ3v) is 2.81. The summed E-state index contributed by atoms with van der Waals surface area (Å²) >= 11 is 0. The lowest BCUT2D eigenvalue weighted by Gasteiger charge is -2.10. The highest BCUT2D eigenvalue weighted by atomic mass is 19.1. The SMILES string of the molecule is Cc1cc(F)cc(C2(O)CC2C)c1. The molecule has 70 valence electrons. The molecule has 2 unspecified atom stereocenters. The first kappa shape index (κ1) is 8.70. The van der Waals surface area contributed by atoms with Crippen LogP contribution in [-0.2, 0) is 5.60 Å². The zero-order valence-corrected chi connectivity index (χ0v) is 7.84. The molecule has 13 heavy (non-hydrogen) atoms. The molecule has 1 N–H and O–H groups in total. The standard InChI is InChI=1S/C11H13FO/c1-7-3-9(5-10(12)4-7)11(13)6-8(11)2/h3-5,8,13H,6H2,1-2H3. The Morgan fingerprint density at radius 2 is 2.08 bits per heavy atom. The zero-order valence-electron chi connectivity index (χ0n) is 7.84. The summed E-state index contributed by atoms with van der Waals surface area (Å²) in [6.07, 6.45) is 0.746. The van der Waals surface area contributed by atoms with E-state index in [1.165, 1.54) is 12.1 Å². The number of hydrogen-bond acceptors (Lipinski definition) is 1. The fourth-order valence-corrected chi connectivity index (χ4v) is 1.80. The van der Waals surface area contributed by atoms with E-state index in [0.29, 0.717) is 0 Å². The van der Waals surface area contributed by atoms with Gasteiger partial charge in [0.2, 0.25) is 0 Å². The molecule has 0 aromatic heterocycles. The molecule has 1 saturated carbocycles. The number of rotatable bonds is 1. The van der Waals surface area contributed by atoms with Crippen molar-refractivity contribution < 1.29 is 9.50 Å². The maximum atomic E-state index is 13.0. The molecule has 0 amide bonds. The second-order valence-electron chi connectivity index (χ2n) is 4.05. The summed E-state index contributed by atoms with van der Waals surface area (Å²) in [4.78, 5) is 0. The highest BCUT2D eigenvalue weighted by Gasteiger charge is 2.51. The fourth-order valence-electron chi connectivity index (χ4n) is 1.80. The Morgan fingerprint density at radius 3 is 2.54 bits per heavy atom. The van der Waals surface area contributed by atoms with Gasteiger partial charge in [-0.05, 0) is 42.5 Å². The van der Waals surface area contributed by atoms with Gasteiger partial charge in [-0.25, -0.2) is 4.39 Å². The van der Waals surface area contributed by atoms with Crippen LogP contribution < -0.4 is 0 Å². The molecular weight excluding hydrogens is 167 g/mol. The van der Waals surface area contributed by atoms with E-state index in [1.54, 1.807) is 0 Å². The van der Waals surface area contributed by atoms with Crippen molar-refractivity contribution in [3.8, 4) is 0 Å². The van der Waals surface area contributed by atoms with Gasteiger partial charge in [-0.2, -0.15) is 0 Å². The van der Waals surface area contributed by atoms with Gasteiger partial charge < -0.3 is 5.11 Å². The van der Waals surface area contributed by atoms with Gasteiger partial charge >= 0.3 is 0 Å². The lowest BCUT2D eigenvalue weighted by Crippen LogP contribution is -2.08. The van der Waals surface area contributed by atoms with Crippen molar-refractivity contribution in [3.63, 3.8) is 0 Å². The van der Waals surface area contributed by atoms with Crippen LogP contribution in [0.15, 0.2) is 18.2 Å². The molecule has 1 aliphatic rings. The van der Waals surface area contributed by atoms with Gasteiger partial charge in [-0.3, -0.25) is 0 Å². The molecule has 2 atom stereocenters. The molecule has 0 bridgehead atoms. The first-order valence-corrected chi connectivity index (χ1v) is 4.52. The van der Waals surface area contributed by atoms with E-state index in [2.05, 4.69) is 0 Å². The van der Waals surface area contributed by atoms with Crippen molar-refractivity contribution in [3.05, 3.63) is 35.1 Å². The van der Waals surface area contributed by atoms with Gasteiger partial charge in [-0.15, -0.1) is 0 Å². The Kier molecular flexibility index (Phi) is 1.70. The van der Waals surface area contributed by atoms with Crippen molar-refractivity contribution >= 4 is 0 Å². The van der Waals surface area contributed by atoms with Crippen LogP contribution in [0, 0.1) is 18.7 Å². The number of aryl methyl sites for hydroxylation is 1. The monoisotopic (exact) mass is 180 g/mol. The molecule has 0 heterocycles. The summed E-state index contributed by atoms with van der Waals surface area (Å²) in [5.41, 5.74) is 0.826. The molecule has 1 nitrogen and oxygen atoms in total. The van der Waals surface area contributed by atoms with Crippen LogP contribution in [0.5, 0.6) is 0 Å². The molecule has 1 aliphatic carbocycles. The van der Waals surface area contributed by atoms with Crippen LogP contribution in [-0.4, -0.2) is 5.11 Å². The Labute approximate surface area is 77.2 Å². The molecule has 0 spiro atoms. The van der Waals surface area contributed by atoms with E-state index >= 15 is 0 Å². The summed E-state index contributed by atoms with van der Waals surface area (Å²) in [7, 11) is 0. The maximum Gasteiger partial charge on any atom is 0.123 e. The minimum atomic E-state index is -0.757. The lowest BCUT2D eigenvalue weighted by molar-refractivity contribution is 0.134.